The second kappa shape index (κ2) is 11.0. The highest BCUT2D eigenvalue weighted by Gasteiger charge is 2.20. The van der Waals surface area contributed by atoms with Gasteiger partial charge in [-0.3, -0.25) is 9.59 Å². The van der Waals surface area contributed by atoms with E-state index in [0.29, 0.717) is 31.1 Å². The molecular weight excluding hydrogens is 382 g/mol. The summed E-state index contributed by atoms with van der Waals surface area (Å²) in [7, 11) is 1.58. The standard InChI is InChI=1S/C24H27NO5/c1-28-22-14-19(12-13-21(22)29-16-18-8-4-2-5-9-18)15-25-23(26)17-30-24(27)20-10-6-3-7-11-20/h2-6,8-9,12-14,20H,7,10-11,15-17H2,1H3,(H,25,26)/t20-/m1/s1. The first-order chi connectivity index (χ1) is 14.7. The second-order valence-corrected chi connectivity index (χ2v) is 7.13. The van der Waals surface area contributed by atoms with Gasteiger partial charge in [0.2, 0.25) is 0 Å². The normalized spacial score (nSPS) is 15.3. The Hall–Kier alpha value is -3.28. The highest BCUT2D eigenvalue weighted by Crippen LogP contribution is 2.29. The molecule has 0 saturated carbocycles. The van der Waals surface area contributed by atoms with E-state index in [0.717, 1.165) is 24.0 Å². The van der Waals surface area contributed by atoms with Gasteiger partial charge < -0.3 is 19.5 Å². The molecule has 0 bridgehead atoms. The smallest absolute Gasteiger partial charge is 0.309 e. The van der Waals surface area contributed by atoms with E-state index in [1.807, 2.05) is 54.6 Å². The van der Waals surface area contributed by atoms with Crippen molar-refractivity contribution in [1.29, 1.82) is 0 Å². The molecule has 0 fully saturated rings. The lowest BCUT2D eigenvalue weighted by atomic mass is 9.95. The minimum atomic E-state index is -0.335. The van der Waals surface area contributed by atoms with Gasteiger partial charge in [0, 0.05) is 6.54 Å². The molecule has 2 aromatic rings. The van der Waals surface area contributed by atoms with Crippen LogP contribution in [0.1, 0.15) is 30.4 Å². The number of methoxy groups -OCH3 is 1. The van der Waals surface area contributed by atoms with E-state index in [1.165, 1.54) is 0 Å². The summed E-state index contributed by atoms with van der Waals surface area (Å²) >= 11 is 0. The molecule has 0 aromatic heterocycles. The topological polar surface area (TPSA) is 73.9 Å². The lowest BCUT2D eigenvalue weighted by Crippen LogP contribution is -2.30. The molecule has 1 N–H and O–H groups in total. The van der Waals surface area contributed by atoms with Crippen molar-refractivity contribution in [2.24, 2.45) is 5.92 Å². The summed E-state index contributed by atoms with van der Waals surface area (Å²) in [5, 5.41) is 2.76. The zero-order chi connectivity index (χ0) is 21.2. The number of hydrogen-bond acceptors (Lipinski definition) is 5. The molecule has 6 heteroatoms. The summed E-state index contributed by atoms with van der Waals surface area (Å²) in [5.41, 5.74) is 1.92. The molecule has 0 saturated heterocycles. The van der Waals surface area contributed by atoms with Crippen LogP contribution in [0.15, 0.2) is 60.7 Å². The fraction of sp³-hybridized carbons (Fsp3) is 0.333. The Morgan fingerprint density at radius 2 is 1.87 bits per heavy atom. The zero-order valence-electron chi connectivity index (χ0n) is 17.1. The quantitative estimate of drug-likeness (QED) is 0.504. The molecule has 1 amide bonds. The first kappa shape index (κ1) is 21.4. The molecule has 6 nitrogen and oxygen atoms in total. The molecule has 0 spiro atoms. The Bertz CT molecular complexity index is 878. The molecule has 1 aliphatic rings. The summed E-state index contributed by atoms with van der Waals surface area (Å²) in [6, 6.07) is 15.4. The minimum Gasteiger partial charge on any atom is -0.493 e. The van der Waals surface area contributed by atoms with Gasteiger partial charge in [-0.05, 0) is 42.5 Å². The third-order valence-corrected chi connectivity index (χ3v) is 4.90. The Kier molecular flexibility index (Phi) is 7.89. The van der Waals surface area contributed by atoms with Crippen molar-refractivity contribution in [1.82, 2.24) is 5.32 Å². The number of carbonyl (C=O) groups excluding carboxylic acids is 2. The van der Waals surface area contributed by atoms with E-state index in [9.17, 15) is 9.59 Å². The van der Waals surface area contributed by atoms with Gasteiger partial charge in [-0.15, -0.1) is 0 Å². The third kappa shape index (κ3) is 6.37. The van der Waals surface area contributed by atoms with Crippen LogP contribution in [0.5, 0.6) is 11.5 Å². The summed E-state index contributed by atoms with van der Waals surface area (Å²) in [6.07, 6.45) is 6.37. The maximum Gasteiger partial charge on any atom is 0.309 e. The van der Waals surface area contributed by atoms with Gasteiger partial charge in [0.25, 0.3) is 5.91 Å². The van der Waals surface area contributed by atoms with Crippen molar-refractivity contribution in [2.45, 2.75) is 32.4 Å². The number of hydrogen-bond donors (Lipinski definition) is 1. The van der Waals surface area contributed by atoms with Crippen molar-refractivity contribution in [3.63, 3.8) is 0 Å². The summed E-state index contributed by atoms with van der Waals surface area (Å²) in [4.78, 5) is 24.0. The molecule has 0 radical (unpaired) electrons. The molecule has 1 aliphatic carbocycles. The van der Waals surface area contributed by atoms with Gasteiger partial charge in [-0.2, -0.15) is 0 Å². The van der Waals surface area contributed by atoms with Gasteiger partial charge in [-0.25, -0.2) is 0 Å². The number of benzene rings is 2. The highest BCUT2D eigenvalue weighted by molar-refractivity contribution is 5.81. The molecule has 2 aromatic carbocycles. The Morgan fingerprint density at radius 3 is 2.60 bits per heavy atom. The largest absolute Gasteiger partial charge is 0.493 e. The fourth-order valence-electron chi connectivity index (χ4n) is 3.19. The van der Waals surface area contributed by atoms with E-state index >= 15 is 0 Å². The molecule has 30 heavy (non-hydrogen) atoms. The number of amides is 1. The van der Waals surface area contributed by atoms with Crippen LogP contribution in [0.25, 0.3) is 0 Å². The third-order valence-electron chi connectivity index (χ3n) is 4.90. The Balaban J connectivity index is 1.46. The van der Waals surface area contributed by atoms with Crippen LogP contribution in [0, 0.1) is 5.92 Å². The van der Waals surface area contributed by atoms with Crippen LogP contribution in [0.4, 0.5) is 0 Å². The summed E-state index contributed by atoms with van der Waals surface area (Å²) in [6.45, 7) is 0.474. The van der Waals surface area contributed by atoms with Crippen molar-refractivity contribution in [3.8, 4) is 11.5 Å². The van der Waals surface area contributed by atoms with Crippen molar-refractivity contribution in [3.05, 3.63) is 71.8 Å². The number of nitrogens with one attached hydrogen (secondary N) is 1. The van der Waals surface area contributed by atoms with Crippen LogP contribution >= 0.6 is 0 Å². The second-order valence-electron chi connectivity index (χ2n) is 7.13. The first-order valence-corrected chi connectivity index (χ1v) is 10.1. The van der Waals surface area contributed by atoms with Crippen molar-refractivity contribution >= 4 is 11.9 Å². The Labute approximate surface area is 176 Å². The van der Waals surface area contributed by atoms with E-state index in [4.69, 9.17) is 14.2 Å². The van der Waals surface area contributed by atoms with Gasteiger partial charge >= 0.3 is 5.97 Å². The minimum absolute atomic E-state index is 0.143. The lowest BCUT2D eigenvalue weighted by Gasteiger charge is -2.16. The Morgan fingerprint density at radius 1 is 1.03 bits per heavy atom. The molecular formula is C24H27NO5. The predicted molar refractivity (Wildman–Crippen MR) is 113 cm³/mol. The molecule has 3 rings (SSSR count). The SMILES string of the molecule is COc1cc(CNC(=O)COC(=O)[C@@H]2CC=CCC2)ccc1OCc1ccccc1. The number of carbonyl (C=O) groups is 2. The first-order valence-electron chi connectivity index (χ1n) is 10.1. The highest BCUT2D eigenvalue weighted by atomic mass is 16.5. The van der Waals surface area contributed by atoms with Gasteiger partial charge in [0.1, 0.15) is 6.61 Å². The van der Waals surface area contributed by atoms with E-state index in [1.54, 1.807) is 7.11 Å². The molecule has 158 valence electrons. The average Bonchev–Trinajstić information content (AvgIpc) is 2.81. The zero-order valence-corrected chi connectivity index (χ0v) is 17.1. The number of rotatable bonds is 9. The number of ether oxygens (including phenoxy) is 3. The molecule has 0 heterocycles. The van der Waals surface area contributed by atoms with Gasteiger partial charge in [-0.1, -0.05) is 48.6 Å². The predicted octanol–water partition coefficient (Wildman–Crippen LogP) is 3.79. The molecule has 0 aliphatic heterocycles. The van der Waals surface area contributed by atoms with E-state index in [-0.39, 0.29) is 24.4 Å². The van der Waals surface area contributed by atoms with Crippen LogP contribution < -0.4 is 14.8 Å². The van der Waals surface area contributed by atoms with Crippen LogP contribution in [0.3, 0.4) is 0 Å². The fourth-order valence-corrected chi connectivity index (χ4v) is 3.19. The summed E-state index contributed by atoms with van der Waals surface area (Å²) in [5.74, 6) is 0.436. The van der Waals surface area contributed by atoms with Gasteiger partial charge in [0.15, 0.2) is 18.1 Å². The van der Waals surface area contributed by atoms with Crippen LogP contribution in [-0.2, 0) is 27.5 Å². The van der Waals surface area contributed by atoms with Crippen LogP contribution in [-0.4, -0.2) is 25.6 Å². The maximum absolute atomic E-state index is 12.0. The van der Waals surface area contributed by atoms with Crippen molar-refractivity contribution < 1.29 is 23.8 Å². The number of esters is 1. The molecule has 1 atom stereocenters. The average molecular weight is 409 g/mol. The summed E-state index contributed by atoms with van der Waals surface area (Å²) < 4.78 is 16.4. The van der Waals surface area contributed by atoms with Gasteiger partial charge in [0.05, 0.1) is 13.0 Å². The van der Waals surface area contributed by atoms with Crippen LogP contribution in [0.2, 0.25) is 0 Å². The molecule has 0 unspecified atom stereocenters. The lowest BCUT2D eigenvalue weighted by molar-refractivity contribution is -0.152. The van der Waals surface area contributed by atoms with E-state index < -0.39 is 0 Å². The maximum atomic E-state index is 12.0. The number of allylic oxidation sites excluding steroid dienone is 2. The monoisotopic (exact) mass is 409 g/mol. The van der Waals surface area contributed by atoms with Crippen molar-refractivity contribution in [2.75, 3.05) is 13.7 Å². The van der Waals surface area contributed by atoms with E-state index in [2.05, 4.69) is 11.4 Å².